The summed E-state index contributed by atoms with van der Waals surface area (Å²) < 4.78 is 33.9. The fraction of sp³-hybridized carbons (Fsp3) is 0. The van der Waals surface area contributed by atoms with E-state index in [9.17, 15) is 13.0 Å². The summed E-state index contributed by atoms with van der Waals surface area (Å²) in [6, 6.07) is 14.6. The Kier molecular flexibility index (Phi) is 5.18. The maximum absolute atomic E-state index is 11.3. The molecule has 100 valence electrons. The standard InChI is InChI=1S/C16H12O3S.Rb/c1-2-12-14-8-7-11-5-3-4-6-13(11)15(14)9-10-16(12)20(17,18)19;/h2-10H,1H2,(H,17,18,19);/q;+1/p-1. The zero-order chi connectivity index (χ0) is 14.3. The third-order valence-electron chi connectivity index (χ3n) is 3.40. The molecule has 3 nitrogen and oxygen atoms in total. The zero-order valence-electron chi connectivity index (χ0n) is 11.5. The molecule has 0 heterocycles. The van der Waals surface area contributed by atoms with E-state index in [0.29, 0.717) is 5.56 Å². The Morgan fingerprint density at radius 1 is 0.905 bits per heavy atom. The number of fused-ring (bicyclic) bond motifs is 3. The molecule has 0 saturated heterocycles. The van der Waals surface area contributed by atoms with Gasteiger partial charge in [0.25, 0.3) is 0 Å². The monoisotopic (exact) mass is 368 g/mol. The Hall–Kier alpha value is -0.365. The van der Waals surface area contributed by atoms with Gasteiger partial charge in [0.05, 0.1) is 4.90 Å². The van der Waals surface area contributed by atoms with Crippen molar-refractivity contribution in [1.29, 1.82) is 0 Å². The fourth-order valence-electron chi connectivity index (χ4n) is 2.52. The predicted octanol–water partition coefficient (Wildman–Crippen LogP) is 0.544. The molecule has 5 heteroatoms. The van der Waals surface area contributed by atoms with Crippen molar-refractivity contribution >= 4 is 37.7 Å². The first-order valence-electron chi connectivity index (χ1n) is 6.05. The maximum atomic E-state index is 11.3. The van der Waals surface area contributed by atoms with Crippen molar-refractivity contribution in [3.8, 4) is 0 Å². The summed E-state index contributed by atoms with van der Waals surface area (Å²) in [5.74, 6) is 0. The fourth-order valence-corrected chi connectivity index (χ4v) is 3.22. The second kappa shape index (κ2) is 6.40. The maximum Gasteiger partial charge on any atom is 1.00 e. The molecular weight excluding hydrogens is 358 g/mol. The second-order valence-corrected chi connectivity index (χ2v) is 5.87. The van der Waals surface area contributed by atoms with E-state index in [4.69, 9.17) is 0 Å². The van der Waals surface area contributed by atoms with Crippen molar-refractivity contribution in [2.45, 2.75) is 4.90 Å². The molecule has 0 bridgehead atoms. The van der Waals surface area contributed by atoms with Crippen molar-refractivity contribution in [3.63, 3.8) is 0 Å². The third-order valence-corrected chi connectivity index (χ3v) is 4.30. The summed E-state index contributed by atoms with van der Waals surface area (Å²) in [6.07, 6.45) is 1.42. The first kappa shape index (κ1) is 17.0. The minimum absolute atomic E-state index is 0. The summed E-state index contributed by atoms with van der Waals surface area (Å²) in [6.45, 7) is 3.63. The van der Waals surface area contributed by atoms with Gasteiger partial charge in [-0.3, -0.25) is 0 Å². The van der Waals surface area contributed by atoms with Gasteiger partial charge in [-0.1, -0.05) is 55.1 Å². The first-order chi connectivity index (χ1) is 9.52. The quantitative estimate of drug-likeness (QED) is 0.490. The Morgan fingerprint density at radius 3 is 2.24 bits per heavy atom. The van der Waals surface area contributed by atoms with Gasteiger partial charge in [-0.15, -0.1) is 0 Å². The molecule has 21 heavy (non-hydrogen) atoms. The van der Waals surface area contributed by atoms with E-state index in [1.165, 1.54) is 12.1 Å². The van der Waals surface area contributed by atoms with Gasteiger partial charge in [0.2, 0.25) is 0 Å². The van der Waals surface area contributed by atoms with E-state index < -0.39 is 10.1 Å². The largest absolute Gasteiger partial charge is 1.00 e. The van der Waals surface area contributed by atoms with Crippen molar-refractivity contribution in [3.05, 3.63) is 60.7 Å². The molecule has 0 aliphatic carbocycles. The van der Waals surface area contributed by atoms with Crippen LogP contribution in [0.2, 0.25) is 0 Å². The van der Waals surface area contributed by atoms with Crippen LogP contribution in [-0.2, 0) is 10.1 Å². The van der Waals surface area contributed by atoms with Gasteiger partial charge in [0.1, 0.15) is 10.1 Å². The zero-order valence-corrected chi connectivity index (χ0v) is 17.3. The van der Waals surface area contributed by atoms with E-state index in [1.807, 2.05) is 36.4 Å². The average Bonchev–Trinajstić information content (AvgIpc) is 2.44. The summed E-state index contributed by atoms with van der Waals surface area (Å²) in [7, 11) is -4.51. The van der Waals surface area contributed by atoms with Gasteiger partial charge in [-0.2, -0.15) is 0 Å². The molecule has 0 radical (unpaired) electrons. The van der Waals surface area contributed by atoms with Crippen LogP contribution in [0.3, 0.4) is 0 Å². The van der Waals surface area contributed by atoms with Gasteiger partial charge in [0.15, 0.2) is 0 Å². The molecule has 3 aromatic carbocycles. The van der Waals surface area contributed by atoms with E-state index in [2.05, 4.69) is 6.58 Å². The van der Waals surface area contributed by atoms with Crippen molar-refractivity contribution in [2.75, 3.05) is 0 Å². The molecule has 0 atom stereocenters. The molecule has 0 aliphatic rings. The molecule has 0 amide bonds. The molecule has 0 spiro atoms. The Morgan fingerprint density at radius 2 is 1.57 bits per heavy atom. The number of hydrogen-bond donors (Lipinski definition) is 0. The van der Waals surface area contributed by atoms with Crippen molar-refractivity contribution in [1.82, 2.24) is 0 Å². The summed E-state index contributed by atoms with van der Waals surface area (Å²) >= 11 is 0. The normalized spacial score (nSPS) is 11.3. The van der Waals surface area contributed by atoms with E-state index in [-0.39, 0.29) is 63.1 Å². The van der Waals surface area contributed by atoms with Crippen LogP contribution < -0.4 is 58.2 Å². The van der Waals surface area contributed by atoms with Gasteiger partial charge in [-0.05, 0) is 33.2 Å². The molecule has 0 N–H and O–H groups in total. The third kappa shape index (κ3) is 3.07. The van der Waals surface area contributed by atoms with Crippen LogP contribution in [0.1, 0.15) is 5.56 Å². The molecule has 0 unspecified atom stereocenters. The topological polar surface area (TPSA) is 57.2 Å². The number of hydrogen-bond acceptors (Lipinski definition) is 3. The Labute approximate surface area is 172 Å². The van der Waals surface area contributed by atoms with Crippen molar-refractivity contribution < 1.29 is 71.2 Å². The van der Waals surface area contributed by atoms with Crippen LogP contribution in [0.5, 0.6) is 0 Å². The summed E-state index contributed by atoms with van der Waals surface area (Å²) in [5.41, 5.74) is 0.364. The molecule has 3 aromatic rings. The predicted molar refractivity (Wildman–Crippen MR) is 79.5 cm³/mol. The van der Waals surface area contributed by atoms with Crippen LogP contribution in [0.4, 0.5) is 0 Å². The molecule has 0 fully saturated rings. The van der Waals surface area contributed by atoms with Crippen LogP contribution >= 0.6 is 0 Å². The SMILES string of the molecule is C=Cc1c(S(=O)(=O)[O-])ccc2c1ccc1ccccc12.[Rb+]. The summed E-state index contributed by atoms with van der Waals surface area (Å²) in [5, 5.41) is 3.71. The van der Waals surface area contributed by atoms with E-state index >= 15 is 0 Å². The molecular formula is C16H11O3RbS. The van der Waals surface area contributed by atoms with Crippen LogP contribution in [-0.4, -0.2) is 13.0 Å². The summed E-state index contributed by atoms with van der Waals surface area (Å²) in [4.78, 5) is -0.227. The molecule has 0 aliphatic heterocycles. The number of benzene rings is 3. The Bertz CT molecular complexity index is 946. The van der Waals surface area contributed by atoms with E-state index in [1.54, 1.807) is 6.07 Å². The van der Waals surface area contributed by atoms with E-state index in [0.717, 1.165) is 21.5 Å². The smallest absolute Gasteiger partial charge is 0.744 e. The minimum atomic E-state index is -4.51. The van der Waals surface area contributed by atoms with Gasteiger partial charge < -0.3 is 4.55 Å². The van der Waals surface area contributed by atoms with Gasteiger partial charge in [0, 0.05) is 0 Å². The minimum Gasteiger partial charge on any atom is -0.744 e. The van der Waals surface area contributed by atoms with Crippen LogP contribution in [0, 0.1) is 0 Å². The van der Waals surface area contributed by atoms with Crippen LogP contribution in [0.25, 0.3) is 27.6 Å². The van der Waals surface area contributed by atoms with Gasteiger partial charge in [-0.25, -0.2) is 8.42 Å². The molecule has 0 saturated carbocycles. The number of rotatable bonds is 2. The van der Waals surface area contributed by atoms with Gasteiger partial charge >= 0.3 is 58.2 Å². The van der Waals surface area contributed by atoms with Crippen molar-refractivity contribution in [2.24, 2.45) is 0 Å². The average molecular weight is 369 g/mol. The molecule has 0 aromatic heterocycles. The second-order valence-electron chi connectivity index (χ2n) is 4.52. The Balaban J connectivity index is 0.00000161. The first-order valence-corrected chi connectivity index (χ1v) is 7.46. The molecule has 3 rings (SSSR count). The van der Waals surface area contributed by atoms with Crippen LogP contribution in [0.15, 0.2) is 60.0 Å².